The van der Waals surface area contributed by atoms with Gasteiger partial charge in [0.2, 0.25) is 0 Å². The number of nitrogens with one attached hydrogen (secondary N) is 2. The monoisotopic (exact) mass is 266 g/mol. The molecule has 1 aromatic heterocycles. The molecule has 0 radical (unpaired) electrons. The highest BCUT2D eigenvalue weighted by molar-refractivity contribution is 5.57. The van der Waals surface area contributed by atoms with Gasteiger partial charge in [0.25, 0.3) is 0 Å². The van der Waals surface area contributed by atoms with Crippen LogP contribution in [0.5, 0.6) is 0 Å². The van der Waals surface area contributed by atoms with Crippen LogP contribution in [0.4, 0.5) is 11.6 Å². The van der Waals surface area contributed by atoms with Crippen molar-refractivity contribution in [3.63, 3.8) is 0 Å². The van der Waals surface area contributed by atoms with Gasteiger partial charge in [-0.15, -0.1) is 0 Å². The second-order valence-corrected chi connectivity index (χ2v) is 4.87. The van der Waals surface area contributed by atoms with E-state index < -0.39 is 0 Å². The van der Waals surface area contributed by atoms with Crippen LogP contribution in [0, 0.1) is 13.8 Å². The minimum atomic E-state index is 0.261. The summed E-state index contributed by atoms with van der Waals surface area (Å²) in [6.07, 6.45) is 1.34. The van der Waals surface area contributed by atoms with E-state index in [2.05, 4.69) is 27.5 Å². The van der Waals surface area contributed by atoms with Gasteiger partial charge in [-0.25, -0.2) is 9.97 Å². The smallest absolute Gasteiger partial charge is 0.134 e. The van der Waals surface area contributed by atoms with E-state index in [4.69, 9.17) is 4.74 Å². The maximum atomic E-state index is 5.51. The van der Waals surface area contributed by atoms with Gasteiger partial charge >= 0.3 is 0 Å². The maximum absolute atomic E-state index is 5.51. The second-order valence-electron chi connectivity index (χ2n) is 4.87. The summed E-state index contributed by atoms with van der Waals surface area (Å²) in [7, 11) is 0. The number of aryl methyl sites for hydroxylation is 1. The Bertz CT molecular complexity index is 393. The van der Waals surface area contributed by atoms with Crippen LogP contribution in [0.3, 0.4) is 0 Å². The molecule has 0 aliphatic rings. The third-order valence-electron chi connectivity index (χ3n) is 2.65. The van der Waals surface area contributed by atoms with E-state index in [1.165, 1.54) is 0 Å². The van der Waals surface area contributed by atoms with Crippen molar-refractivity contribution >= 4 is 11.6 Å². The first kappa shape index (κ1) is 15.7. The molecule has 5 nitrogen and oxygen atoms in total. The Morgan fingerprint density at radius 3 is 2.16 bits per heavy atom. The molecule has 0 unspecified atom stereocenters. The zero-order valence-electron chi connectivity index (χ0n) is 12.7. The summed E-state index contributed by atoms with van der Waals surface area (Å²) in [5, 5.41) is 6.64. The Labute approximate surface area is 116 Å². The summed E-state index contributed by atoms with van der Waals surface area (Å²) < 4.78 is 5.51. The molecule has 108 valence electrons. The zero-order chi connectivity index (χ0) is 14.3. The normalized spacial score (nSPS) is 10.8. The van der Waals surface area contributed by atoms with Crippen LogP contribution in [0.2, 0.25) is 0 Å². The number of nitrogens with zero attached hydrogens (tertiary/aromatic N) is 2. The van der Waals surface area contributed by atoms with Crippen molar-refractivity contribution in [2.45, 2.75) is 47.1 Å². The quantitative estimate of drug-likeness (QED) is 0.709. The van der Waals surface area contributed by atoms with Crippen molar-refractivity contribution in [3.8, 4) is 0 Å². The third kappa shape index (κ3) is 5.42. The van der Waals surface area contributed by atoms with Gasteiger partial charge in [0.15, 0.2) is 0 Å². The van der Waals surface area contributed by atoms with Gasteiger partial charge in [-0.05, 0) is 34.1 Å². The number of hydrogen-bond acceptors (Lipinski definition) is 5. The Morgan fingerprint density at radius 2 is 1.63 bits per heavy atom. The number of aromatic nitrogens is 2. The molecule has 0 amide bonds. The van der Waals surface area contributed by atoms with E-state index in [9.17, 15) is 0 Å². The molecule has 0 saturated carbocycles. The highest BCUT2D eigenvalue weighted by Crippen LogP contribution is 2.19. The molecular weight excluding hydrogens is 240 g/mol. The van der Waals surface area contributed by atoms with Crippen molar-refractivity contribution in [1.82, 2.24) is 9.97 Å². The summed E-state index contributed by atoms with van der Waals surface area (Å²) in [6, 6.07) is 0. The van der Waals surface area contributed by atoms with Crippen molar-refractivity contribution in [1.29, 1.82) is 0 Å². The lowest BCUT2D eigenvalue weighted by atomic mass is 10.3. The number of ether oxygens (including phenoxy) is 1. The van der Waals surface area contributed by atoms with Gasteiger partial charge in [-0.2, -0.15) is 0 Å². The molecule has 0 aromatic carbocycles. The molecule has 0 aliphatic heterocycles. The first-order valence-electron chi connectivity index (χ1n) is 6.99. The van der Waals surface area contributed by atoms with Gasteiger partial charge in [-0.1, -0.05) is 6.92 Å². The SMILES string of the molecule is CCCNc1nc(C)nc(NCCOC(C)C)c1C. The van der Waals surface area contributed by atoms with Crippen LogP contribution in [-0.2, 0) is 4.74 Å². The van der Waals surface area contributed by atoms with Crippen molar-refractivity contribution in [3.05, 3.63) is 11.4 Å². The van der Waals surface area contributed by atoms with Gasteiger partial charge in [0, 0.05) is 18.7 Å². The number of hydrogen-bond donors (Lipinski definition) is 2. The summed E-state index contributed by atoms with van der Waals surface area (Å²) >= 11 is 0. The van der Waals surface area contributed by atoms with Crippen LogP contribution in [0.15, 0.2) is 0 Å². The molecule has 0 saturated heterocycles. The maximum Gasteiger partial charge on any atom is 0.134 e. The van der Waals surface area contributed by atoms with Gasteiger partial charge < -0.3 is 15.4 Å². The van der Waals surface area contributed by atoms with Gasteiger partial charge in [-0.3, -0.25) is 0 Å². The van der Waals surface area contributed by atoms with Crippen LogP contribution in [0.25, 0.3) is 0 Å². The molecular formula is C14H26N4O. The topological polar surface area (TPSA) is 59.1 Å². The first-order valence-corrected chi connectivity index (χ1v) is 6.99. The molecule has 0 fully saturated rings. The summed E-state index contributed by atoms with van der Waals surface area (Å²) in [4.78, 5) is 8.87. The Morgan fingerprint density at radius 1 is 1.05 bits per heavy atom. The van der Waals surface area contributed by atoms with Crippen molar-refractivity contribution < 1.29 is 4.74 Å². The summed E-state index contributed by atoms with van der Waals surface area (Å²) in [5.41, 5.74) is 1.06. The largest absolute Gasteiger partial charge is 0.377 e. The predicted molar refractivity (Wildman–Crippen MR) is 79.9 cm³/mol. The molecule has 5 heteroatoms. The average Bonchev–Trinajstić information content (AvgIpc) is 2.36. The number of anilines is 2. The minimum absolute atomic E-state index is 0.261. The van der Waals surface area contributed by atoms with Crippen molar-refractivity contribution in [2.24, 2.45) is 0 Å². The fraction of sp³-hybridized carbons (Fsp3) is 0.714. The Hall–Kier alpha value is -1.36. The van der Waals surface area contributed by atoms with Crippen LogP contribution < -0.4 is 10.6 Å². The molecule has 2 N–H and O–H groups in total. The molecule has 19 heavy (non-hydrogen) atoms. The standard InChI is InChI=1S/C14H26N4O/c1-6-7-15-13-11(4)14(18-12(5)17-13)16-8-9-19-10(2)3/h10H,6-9H2,1-5H3,(H2,15,16,17,18). The zero-order valence-corrected chi connectivity index (χ0v) is 12.7. The molecule has 1 heterocycles. The van der Waals surface area contributed by atoms with Crippen LogP contribution in [0.1, 0.15) is 38.6 Å². The Kier molecular flexibility index (Phi) is 6.56. The van der Waals surface area contributed by atoms with E-state index >= 15 is 0 Å². The van der Waals surface area contributed by atoms with E-state index in [0.717, 1.165) is 42.5 Å². The van der Waals surface area contributed by atoms with Crippen molar-refractivity contribution in [2.75, 3.05) is 30.3 Å². The van der Waals surface area contributed by atoms with E-state index in [0.29, 0.717) is 6.61 Å². The summed E-state index contributed by atoms with van der Waals surface area (Å²) in [5.74, 6) is 2.58. The lowest BCUT2D eigenvalue weighted by Gasteiger charge is -2.14. The fourth-order valence-corrected chi connectivity index (χ4v) is 1.68. The highest BCUT2D eigenvalue weighted by atomic mass is 16.5. The second kappa shape index (κ2) is 7.94. The first-order chi connectivity index (χ1) is 9.04. The third-order valence-corrected chi connectivity index (χ3v) is 2.65. The fourth-order valence-electron chi connectivity index (χ4n) is 1.68. The van der Waals surface area contributed by atoms with Gasteiger partial charge in [0.05, 0.1) is 12.7 Å². The van der Waals surface area contributed by atoms with E-state index in [1.54, 1.807) is 0 Å². The minimum Gasteiger partial charge on any atom is -0.377 e. The molecule has 1 rings (SSSR count). The van der Waals surface area contributed by atoms with Crippen LogP contribution >= 0.6 is 0 Å². The average molecular weight is 266 g/mol. The van der Waals surface area contributed by atoms with E-state index in [1.807, 2.05) is 27.7 Å². The molecule has 0 atom stereocenters. The highest BCUT2D eigenvalue weighted by Gasteiger charge is 2.08. The van der Waals surface area contributed by atoms with Gasteiger partial charge in [0.1, 0.15) is 17.5 Å². The molecule has 1 aromatic rings. The lowest BCUT2D eigenvalue weighted by Crippen LogP contribution is -2.16. The van der Waals surface area contributed by atoms with Crippen LogP contribution in [-0.4, -0.2) is 35.8 Å². The molecule has 0 spiro atoms. The Balaban J connectivity index is 2.63. The van der Waals surface area contributed by atoms with E-state index in [-0.39, 0.29) is 6.10 Å². The predicted octanol–water partition coefficient (Wildman–Crippen LogP) is 2.75. The lowest BCUT2D eigenvalue weighted by molar-refractivity contribution is 0.0870. The molecule has 0 aliphatic carbocycles. The molecule has 0 bridgehead atoms. The summed E-state index contributed by atoms with van der Waals surface area (Å²) in [6.45, 7) is 12.5. The number of rotatable bonds is 8.